The minimum atomic E-state index is -3.00. The summed E-state index contributed by atoms with van der Waals surface area (Å²) in [6.07, 6.45) is 1.52. The van der Waals surface area contributed by atoms with E-state index >= 15 is 0 Å². The van der Waals surface area contributed by atoms with E-state index in [1.165, 1.54) is 0 Å². The van der Waals surface area contributed by atoms with Gasteiger partial charge >= 0.3 is 0 Å². The van der Waals surface area contributed by atoms with Crippen LogP contribution in [0.4, 0.5) is 0 Å². The molecule has 0 bridgehead atoms. The monoisotopic (exact) mass is 311 g/mol. The Hall–Kier alpha value is -0.510. The number of methoxy groups -OCH3 is 1. The first-order chi connectivity index (χ1) is 9.97. The van der Waals surface area contributed by atoms with Crippen molar-refractivity contribution in [1.82, 2.24) is 4.67 Å². The van der Waals surface area contributed by atoms with Gasteiger partial charge in [-0.25, -0.2) is 4.52 Å². The molecule has 0 aromatic heterocycles. The zero-order valence-corrected chi connectivity index (χ0v) is 14.3. The van der Waals surface area contributed by atoms with Gasteiger partial charge in [-0.1, -0.05) is 30.3 Å². The maximum absolute atomic E-state index is 13.5. The van der Waals surface area contributed by atoms with Crippen LogP contribution in [0.1, 0.15) is 32.8 Å². The highest BCUT2D eigenvalue weighted by Crippen LogP contribution is 2.64. The first-order valence-electron chi connectivity index (χ1n) is 7.59. The molecule has 0 radical (unpaired) electrons. The van der Waals surface area contributed by atoms with Gasteiger partial charge < -0.3 is 9.63 Å². The van der Waals surface area contributed by atoms with Gasteiger partial charge in [0.15, 0.2) is 0 Å². The highest BCUT2D eigenvalue weighted by molar-refractivity contribution is 7.62. The van der Waals surface area contributed by atoms with E-state index in [0.29, 0.717) is 6.42 Å². The molecule has 0 saturated carbocycles. The Balaban J connectivity index is 2.23. The second-order valence-corrected chi connectivity index (χ2v) is 8.33. The van der Waals surface area contributed by atoms with Crippen molar-refractivity contribution in [3.05, 3.63) is 35.9 Å². The standard InChI is InChI=1S/C16H26NO3P/c1-13(2)17-11-10-14(3)20-21(17,18)16(19-4)12-15-8-6-5-7-9-15/h5-9,13-14,16H,10-12H2,1-4H3/t14-,16+,21?/m0/s1. The van der Waals surface area contributed by atoms with E-state index in [0.717, 1.165) is 18.5 Å². The summed E-state index contributed by atoms with van der Waals surface area (Å²) >= 11 is 0. The van der Waals surface area contributed by atoms with E-state index < -0.39 is 13.7 Å². The molecule has 1 aromatic carbocycles. The molecule has 0 aliphatic carbocycles. The van der Waals surface area contributed by atoms with E-state index in [1.54, 1.807) is 7.11 Å². The van der Waals surface area contributed by atoms with Crippen molar-refractivity contribution in [1.29, 1.82) is 0 Å². The number of hydrogen-bond acceptors (Lipinski definition) is 4. The molecule has 1 aromatic rings. The fourth-order valence-corrected chi connectivity index (χ4v) is 5.74. The fourth-order valence-electron chi connectivity index (χ4n) is 2.79. The quantitative estimate of drug-likeness (QED) is 0.784. The summed E-state index contributed by atoms with van der Waals surface area (Å²) in [6.45, 7) is 6.90. The first-order valence-corrected chi connectivity index (χ1v) is 9.24. The van der Waals surface area contributed by atoms with Crippen molar-refractivity contribution >= 4 is 7.87 Å². The maximum atomic E-state index is 13.5. The van der Waals surface area contributed by atoms with Crippen molar-refractivity contribution < 1.29 is 14.2 Å². The second-order valence-electron chi connectivity index (χ2n) is 5.91. The average Bonchev–Trinajstić information content (AvgIpc) is 2.45. The Labute approximate surface area is 128 Å². The smallest absolute Gasteiger partial charge is 0.209 e. The zero-order chi connectivity index (χ0) is 15.5. The molecule has 2 rings (SSSR count). The molecule has 1 aliphatic rings. The van der Waals surface area contributed by atoms with Crippen LogP contribution < -0.4 is 4.89 Å². The van der Waals surface area contributed by atoms with E-state index in [4.69, 9.17) is 9.26 Å². The topological polar surface area (TPSA) is 44.8 Å². The van der Waals surface area contributed by atoms with Gasteiger partial charge in [0.1, 0.15) is 6.10 Å². The molecule has 1 fully saturated rings. The van der Waals surface area contributed by atoms with Crippen molar-refractivity contribution in [2.24, 2.45) is 0 Å². The molecule has 1 heterocycles. The molecule has 1 saturated heterocycles. The Kier molecular flexibility index (Phi) is 5.75. The van der Waals surface area contributed by atoms with Gasteiger partial charge in [0.05, 0.1) is 0 Å². The van der Waals surface area contributed by atoms with Gasteiger partial charge in [0.25, 0.3) is 0 Å². The van der Waals surface area contributed by atoms with Gasteiger partial charge in [-0.05, 0) is 32.8 Å². The third-order valence-corrected chi connectivity index (χ3v) is 7.10. The van der Waals surface area contributed by atoms with Crippen LogP contribution in [0.3, 0.4) is 0 Å². The molecule has 21 heavy (non-hydrogen) atoms. The predicted molar refractivity (Wildman–Crippen MR) is 84.9 cm³/mol. The molecule has 1 aliphatic heterocycles. The number of hydrogen-bond donors (Lipinski definition) is 0. The van der Waals surface area contributed by atoms with Crippen LogP contribution in [0.2, 0.25) is 0 Å². The third-order valence-electron chi connectivity index (χ3n) is 3.94. The molecule has 0 spiro atoms. The van der Waals surface area contributed by atoms with Crippen molar-refractivity contribution in [2.75, 3.05) is 13.7 Å². The highest BCUT2D eigenvalue weighted by atomic mass is 31.2. The summed E-state index contributed by atoms with van der Waals surface area (Å²) in [6, 6.07) is 10.2. The summed E-state index contributed by atoms with van der Waals surface area (Å²) in [5, 5.41) is 0. The predicted octanol–water partition coefficient (Wildman–Crippen LogP) is 2.84. The lowest BCUT2D eigenvalue weighted by molar-refractivity contribution is -0.228. The molecule has 1 unspecified atom stereocenters. The Morgan fingerprint density at radius 2 is 2.05 bits per heavy atom. The molecule has 118 valence electrons. The zero-order valence-electron chi connectivity index (χ0n) is 13.4. The van der Waals surface area contributed by atoms with Gasteiger partial charge in [-0.15, -0.1) is 0 Å². The van der Waals surface area contributed by atoms with Crippen LogP contribution in [-0.2, 0) is 15.7 Å². The summed E-state index contributed by atoms with van der Waals surface area (Å²) in [7, 11) is -1.38. The molecule has 5 heteroatoms. The lowest BCUT2D eigenvalue weighted by atomic mass is 10.2. The Morgan fingerprint density at radius 1 is 1.38 bits per heavy atom. The maximum Gasteiger partial charge on any atom is 0.209 e. The number of ether oxygens (including phenoxy) is 1. The van der Waals surface area contributed by atoms with Crippen LogP contribution in [0, 0.1) is 0 Å². The van der Waals surface area contributed by atoms with E-state index in [2.05, 4.69) is 13.8 Å². The van der Waals surface area contributed by atoms with Crippen LogP contribution in [-0.4, -0.2) is 36.3 Å². The summed E-state index contributed by atoms with van der Waals surface area (Å²) in [4.78, 5) is 13.5. The van der Waals surface area contributed by atoms with Crippen molar-refractivity contribution in [2.45, 2.75) is 51.6 Å². The molecular formula is C16H26NO3P. The summed E-state index contributed by atoms with van der Waals surface area (Å²) in [5.41, 5.74) is 1.12. The SMILES string of the molecule is CO[C@@H](Cc1ccccc1)[P+]1([O-])O[C@@H](C)CCN1C(C)C. The highest BCUT2D eigenvalue weighted by Gasteiger charge is 2.50. The average molecular weight is 311 g/mol. The molecule has 0 N–H and O–H groups in total. The number of nitrogens with zero attached hydrogens (tertiary/aromatic N) is 1. The molecule has 0 amide bonds. The van der Waals surface area contributed by atoms with Crippen molar-refractivity contribution in [3.63, 3.8) is 0 Å². The van der Waals surface area contributed by atoms with Gasteiger partial charge in [-0.2, -0.15) is 4.67 Å². The normalized spacial score (nSPS) is 28.8. The lowest BCUT2D eigenvalue weighted by Crippen LogP contribution is -2.49. The van der Waals surface area contributed by atoms with E-state index in [-0.39, 0.29) is 12.1 Å². The molecular weight excluding hydrogens is 285 g/mol. The Morgan fingerprint density at radius 3 is 2.62 bits per heavy atom. The number of rotatable bonds is 5. The molecule has 4 nitrogen and oxygen atoms in total. The van der Waals surface area contributed by atoms with Gasteiger partial charge in [0.2, 0.25) is 13.7 Å². The van der Waals surface area contributed by atoms with E-state index in [9.17, 15) is 4.89 Å². The lowest BCUT2D eigenvalue weighted by Gasteiger charge is -2.48. The van der Waals surface area contributed by atoms with Gasteiger partial charge in [0, 0.05) is 26.1 Å². The summed E-state index contributed by atoms with van der Waals surface area (Å²) in [5.74, 6) is -0.426. The second kappa shape index (κ2) is 7.17. The van der Waals surface area contributed by atoms with Crippen molar-refractivity contribution in [3.8, 4) is 0 Å². The third kappa shape index (κ3) is 3.82. The van der Waals surface area contributed by atoms with Crippen LogP contribution in [0.15, 0.2) is 30.3 Å². The minimum Gasteiger partial charge on any atom is -0.639 e. The first kappa shape index (κ1) is 16.9. The fraction of sp³-hybridized carbons (Fsp3) is 0.625. The summed E-state index contributed by atoms with van der Waals surface area (Å²) < 4.78 is 13.5. The van der Waals surface area contributed by atoms with E-state index in [1.807, 2.05) is 41.9 Å². The van der Waals surface area contributed by atoms with Gasteiger partial charge in [-0.3, -0.25) is 0 Å². The van der Waals surface area contributed by atoms with Crippen LogP contribution in [0.5, 0.6) is 0 Å². The molecule has 3 atom stereocenters. The van der Waals surface area contributed by atoms with Crippen LogP contribution >= 0.6 is 7.87 Å². The van der Waals surface area contributed by atoms with Crippen LogP contribution in [0.25, 0.3) is 0 Å². The number of benzene rings is 1. The Bertz CT molecular complexity index is 442. The minimum absolute atomic E-state index is 0.0132. The largest absolute Gasteiger partial charge is 0.639 e.